The number of rotatable bonds is 4. The first-order chi connectivity index (χ1) is 8.65. The molecule has 9 nitrogen and oxygen atoms in total. The van der Waals surface area contributed by atoms with Crippen LogP contribution in [0, 0.1) is 10.1 Å². The summed E-state index contributed by atoms with van der Waals surface area (Å²) in [4.78, 5) is 21.6. The van der Waals surface area contributed by atoms with Crippen LogP contribution in [0.5, 0.6) is 0 Å². The van der Waals surface area contributed by atoms with Crippen LogP contribution in [-0.2, 0) is 11.2 Å². The van der Waals surface area contributed by atoms with Gasteiger partial charge in [-0.1, -0.05) is 11.3 Å². The molecule has 1 aromatic carbocycles. The maximum absolute atomic E-state index is 11.6. The van der Waals surface area contributed by atoms with E-state index in [1.807, 2.05) is 0 Å². The Morgan fingerprint density at radius 3 is 3.00 bits per heavy atom. The Balaban J connectivity index is 2.03. The minimum atomic E-state index is -0.533. The monoisotopic (exact) mass is 248 g/mol. The number of non-ortho nitro benzene ring substituents is 1. The molecule has 1 aromatic heterocycles. The number of benzene rings is 1. The number of anilines is 1. The molecule has 2 aromatic rings. The number of amides is 1. The van der Waals surface area contributed by atoms with Crippen LogP contribution in [-0.4, -0.2) is 31.5 Å². The number of hydrogen-bond acceptors (Lipinski definition) is 6. The number of aromatic nitrogens is 4. The Bertz CT molecular complexity index is 567. The van der Waals surface area contributed by atoms with Gasteiger partial charge >= 0.3 is 0 Å². The van der Waals surface area contributed by atoms with Crippen molar-refractivity contribution in [2.45, 2.75) is 6.42 Å². The van der Waals surface area contributed by atoms with Gasteiger partial charge in [0.2, 0.25) is 5.91 Å². The van der Waals surface area contributed by atoms with E-state index in [1.54, 1.807) is 6.07 Å². The summed E-state index contributed by atoms with van der Waals surface area (Å²) in [5.74, 6) is -0.130. The highest BCUT2D eigenvalue weighted by Gasteiger charge is 2.10. The summed E-state index contributed by atoms with van der Waals surface area (Å²) in [5, 5.41) is 25.9. The van der Waals surface area contributed by atoms with Crippen molar-refractivity contribution in [2.24, 2.45) is 0 Å². The molecule has 0 bridgehead atoms. The number of nitrogens with zero attached hydrogens (tertiary/aromatic N) is 4. The van der Waals surface area contributed by atoms with Gasteiger partial charge in [-0.25, -0.2) is 0 Å². The summed E-state index contributed by atoms with van der Waals surface area (Å²) in [6, 6.07) is 5.66. The summed E-state index contributed by atoms with van der Waals surface area (Å²) in [6.45, 7) is 0. The predicted octanol–water partition coefficient (Wildman–Crippen LogP) is 0.289. The predicted molar refractivity (Wildman–Crippen MR) is 59.6 cm³/mol. The molecule has 0 unspecified atom stereocenters. The van der Waals surface area contributed by atoms with Crippen molar-refractivity contribution < 1.29 is 9.72 Å². The minimum Gasteiger partial charge on any atom is -0.325 e. The molecule has 1 amide bonds. The lowest BCUT2D eigenvalue weighted by Gasteiger charge is -2.02. The van der Waals surface area contributed by atoms with Crippen molar-refractivity contribution in [3.05, 3.63) is 40.2 Å². The molecule has 1 heterocycles. The normalized spacial score (nSPS) is 10.0. The maximum atomic E-state index is 11.6. The highest BCUT2D eigenvalue weighted by Crippen LogP contribution is 2.16. The summed E-state index contributed by atoms with van der Waals surface area (Å²) < 4.78 is 0. The summed E-state index contributed by atoms with van der Waals surface area (Å²) >= 11 is 0. The topological polar surface area (TPSA) is 127 Å². The van der Waals surface area contributed by atoms with Crippen LogP contribution in [0.2, 0.25) is 0 Å². The maximum Gasteiger partial charge on any atom is 0.271 e. The van der Waals surface area contributed by atoms with E-state index in [-0.39, 0.29) is 23.8 Å². The lowest BCUT2D eigenvalue weighted by molar-refractivity contribution is -0.384. The Kier molecular flexibility index (Phi) is 3.23. The fourth-order valence-corrected chi connectivity index (χ4v) is 1.30. The number of H-pyrrole nitrogens is 1. The van der Waals surface area contributed by atoms with Crippen LogP contribution in [0.4, 0.5) is 11.4 Å². The van der Waals surface area contributed by atoms with Crippen molar-refractivity contribution in [2.75, 3.05) is 5.32 Å². The standard InChI is InChI=1S/C9H8N6O3/c16-9(5-8-11-13-14-12-8)10-6-2-1-3-7(4-6)15(17)18/h1-4H,5H2,(H,10,16)(H,11,12,13,14). The molecular weight excluding hydrogens is 240 g/mol. The smallest absolute Gasteiger partial charge is 0.271 e. The SMILES string of the molecule is O=C(Cc1nn[nH]n1)Nc1cccc([N+](=O)[O-])c1. The number of aromatic amines is 1. The van der Waals surface area contributed by atoms with E-state index in [9.17, 15) is 14.9 Å². The Morgan fingerprint density at radius 1 is 1.50 bits per heavy atom. The molecule has 0 saturated heterocycles. The van der Waals surface area contributed by atoms with Gasteiger partial charge in [0.05, 0.1) is 11.3 Å². The first-order valence-corrected chi connectivity index (χ1v) is 4.92. The number of nitro benzene ring substituents is 1. The van der Waals surface area contributed by atoms with E-state index in [2.05, 4.69) is 25.9 Å². The number of nitrogens with one attached hydrogen (secondary N) is 2. The largest absolute Gasteiger partial charge is 0.325 e. The molecule has 0 aliphatic carbocycles. The van der Waals surface area contributed by atoms with E-state index in [1.165, 1.54) is 18.2 Å². The fraction of sp³-hybridized carbons (Fsp3) is 0.111. The molecule has 0 spiro atoms. The van der Waals surface area contributed by atoms with E-state index in [4.69, 9.17) is 0 Å². The van der Waals surface area contributed by atoms with Crippen LogP contribution in [0.25, 0.3) is 0 Å². The molecule has 0 radical (unpaired) electrons. The third-order valence-corrected chi connectivity index (χ3v) is 2.05. The molecular formula is C9H8N6O3. The number of tetrazole rings is 1. The van der Waals surface area contributed by atoms with E-state index >= 15 is 0 Å². The van der Waals surface area contributed by atoms with Crippen LogP contribution in [0.15, 0.2) is 24.3 Å². The van der Waals surface area contributed by atoms with Crippen LogP contribution in [0.1, 0.15) is 5.82 Å². The Morgan fingerprint density at radius 2 is 2.33 bits per heavy atom. The number of carbonyl (C=O) groups is 1. The van der Waals surface area contributed by atoms with Gasteiger partial charge in [0.1, 0.15) is 0 Å². The van der Waals surface area contributed by atoms with E-state index in [0.29, 0.717) is 5.69 Å². The van der Waals surface area contributed by atoms with Gasteiger partial charge in [0.15, 0.2) is 5.82 Å². The minimum absolute atomic E-state index is 0.0564. The number of hydrogen-bond donors (Lipinski definition) is 2. The molecule has 0 aliphatic heterocycles. The van der Waals surface area contributed by atoms with Crippen LogP contribution in [0.3, 0.4) is 0 Å². The quantitative estimate of drug-likeness (QED) is 0.591. The lowest BCUT2D eigenvalue weighted by Crippen LogP contribution is -2.15. The first kappa shape index (κ1) is 11.6. The van der Waals surface area contributed by atoms with Crippen LogP contribution >= 0.6 is 0 Å². The molecule has 2 rings (SSSR count). The zero-order chi connectivity index (χ0) is 13.0. The Labute approximate surface area is 100 Å². The first-order valence-electron chi connectivity index (χ1n) is 4.92. The summed E-state index contributed by atoms with van der Waals surface area (Å²) in [5.41, 5.74) is 0.255. The third-order valence-electron chi connectivity index (χ3n) is 2.05. The third kappa shape index (κ3) is 2.84. The van der Waals surface area contributed by atoms with Crippen molar-refractivity contribution in [1.29, 1.82) is 0 Å². The average molecular weight is 248 g/mol. The zero-order valence-corrected chi connectivity index (χ0v) is 9.03. The lowest BCUT2D eigenvalue weighted by atomic mass is 10.2. The second-order valence-electron chi connectivity index (χ2n) is 3.36. The molecule has 2 N–H and O–H groups in total. The summed E-state index contributed by atoms with van der Waals surface area (Å²) in [7, 11) is 0. The molecule has 92 valence electrons. The van der Waals surface area contributed by atoms with Crippen LogP contribution < -0.4 is 5.32 Å². The van der Waals surface area contributed by atoms with Gasteiger partial charge in [-0.2, -0.15) is 5.21 Å². The second kappa shape index (κ2) is 4.99. The highest BCUT2D eigenvalue weighted by atomic mass is 16.6. The molecule has 18 heavy (non-hydrogen) atoms. The van der Waals surface area contributed by atoms with Gasteiger partial charge in [0.25, 0.3) is 5.69 Å². The average Bonchev–Trinajstić information content (AvgIpc) is 2.82. The highest BCUT2D eigenvalue weighted by molar-refractivity contribution is 5.92. The van der Waals surface area contributed by atoms with Crippen molar-refractivity contribution in [3.63, 3.8) is 0 Å². The van der Waals surface area contributed by atoms with E-state index in [0.717, 1.165) is 0 Å². The van der Waals surface area contributed by atoms with Gasteiger partial charge in [0, 0.05) is 17.8 Å². The van der Waals surface area contributed by atoms with Crippen molar-refractivity contribution >= 4 is 17.3 Å². The fourth-order valence-electron chi connectivity index (χ4n) is 1.30. The van der Waals surface area contributed by atoms with Gasteiger partial charge in [-0.15, -0.1) is 10.2 Å². The number of nitro groups is 1. The van der Waals surface area contributed by atoms with Crippen molar-refractivity contribution in [1.82, 2.24) is 20.6 Å². The molecule has 0 fully saturated rings. The number of carbonyl (C=O) groups excluding carboxylic acids is 1. The van der Waals surface area contributed by atoms with Gasteiger partial charge in [-0.3, -0.25) is 14.9 Å². The molecule has 0 aliphatic rings. The molecule has 0 atom stereocenters. The second-order valence-corrected chi connectivity index (χ2v) is 3.36. The van der Waals surface area contributed by atoms with Gasteiger partial charge in [-0.05, 0) is 6.07 Å². The molecule has 0 saturated carbocycles. The van der Waals surface area contributed by atoms with E-state index < -0.39 is 4.92 Å². The van der Waals surface area contributed by atoms with Gasteiger partial charge < -0.3 is 5.32 Å². The summed E-state index contributed by atoms with van der Waals surface area (Å²) in [6.07, 6.45) is -0.0564. The Hall–Kier alpha value is -2.84. The van der Waals surface area contributed by atoms with Crippen molar-refractivity contribution in [3.8, 4) is 0 Å². The zero-order valence-electron chi connectivity index (χ0n) is 9.03. The molecule has 9 heteroatoms.